The van der Waals surface area contributed by atoms with E-state index in [0.29, 0.717) is 6.61 Å². The van der Waals surface area contributed by atoms with Crippen LogP contribution in [0.2, 0.25) is 0 Å². The van der Waals surface area contributed by atoms with Gasteiger partial charge in [0.15, 0.2) is 0 Å². The molecule has 0 atom stereocenters. The van der Waals surface area contributed by atoms with Gasteiger partial charge in [0.25, 0.3) is 0 Å². The normalized spacial score (nSPS) is 18.6. The number of nitriles is 1. The number of piperidine rings is 1. The zero-order valence-corrected chi connectivity index (χ0v) is 16.3. The average Bonchev–Trinajstić information content (AvgIpc) is 2.68. The zero-order chi connectivity index (χ0) is 18.9. The molecular weight excluding hydrogens is 334 g/mol. The number of rotatable bonds is 3. The Morgan fingerprint density at radius 1 is 1.15 bits per heavy atom. The SMILES string of the molecule is CC1(C)Cc2nc(N3CCCCC3)c(C#N)c(Cc3ccccc3)c2CO1. The third-order valence-electron chi connectivity index (χ3n) is 5.67. The van der Waals surface area contributed by atoms with Crippen molar-refractivity contribution in [2.45, 2.75) is 58.2 Å². The fraction of sp³-hybridized carbons (Fsp3) is 0.478. The topological polar surface area (TPSA) is 49.2 Å². The van der Waals surface area contributed by atoms with E-state index in [1.165, 1.54) is 24.8 Å². The molecule has 1 aromatic heterocycles. The zero-order valence-electron chi connectivity index (χ0n) is 16.3. The minimum absolute atomic E-state index is 0.211. The summed E-state index contributed by atoms with van der Waals surface area (Å²) in [7, 11) is 0. The van der Waals surface area contributed by atoms with E-state index in [9.17, 15) is 5.26 Å². The molecule has 2 aliphatic rings. The predicted octanol–water partition coefficient (Wildman–Crippen LogP) is 4.39. The van der Waals surface area contributed by atoms with Gasteiger partial charge in [-0.3, -0.25) is 0 Å². The average molecular weight is 361 g/mol. The fourth-order valence-corrected chi connectivity index (χ4v) is 4.20. The summed E-state index contributed by atoms with van der Waals surface area (Å²) in [5.41, 5.74) is 5.08. The monoisotopic (exact) mass is 361 g/mol. The molecule has 0 amide bonds. The van der Waals surface area contributed by atoms with Gasteiger partial charge in [0, 0.05) is 25.1 Å². The standard InChI is InChI=1S/C23H27N3O/c1-23(2)14-21-20(16-27-23)18(13-17-9-5-3-6-10-17)19(15-24)22(25-21)26-11-7-4-8-12-26/h3,5-6,9-10H,4,7-8,11-14,16H2,1-2H3. The first kappa shape index (κ1) is 18.0. The van der Waals surface area contributed by atoms with Crippen molar-refractivity contribution >= 4 is 5.82 Å². The molecule has 0 saturated carbocycles. The molecule has 4 nitrogen and oxygen atoms in total. The molecule has 0 spiro atoms. The highest BCUT2D eigenvalue weighted by atomic mass is 16.5. The fourth-order valence-electron chi connectivity index (χ4n) is 4.20. The van der Waals surface area contributed by atoms with Crippen molar-refractivity contribution < 1.29 is 4.74 Å². The van der Waals surface area contributed by atoms with Crippen LogP contribution in [-0.4, -0.2) is 23.7 Å². The van der Waals surface area contributed by atoms with E-state index in [4.69, 9.17) is 9.72 Å². The van der Waals surface area contributed by atoms with Gasteiger partial charge in [-0.25, -0.2) is 4.98 Å². The van der Waals surface area contributed by atoms with Crippen LogP contribution in [0, 0.1) is 11.3 Å². The van der Waals surface area contributed by atoms with Crippen molar-refractivity contribution in [1.29, 1.82) is 5.26 Å². The second-order valence-corrected chi connectivity index (χ2v) is 8.26. The van der Waals surface area contributed by atoms with Crippen LogP contribution in [0.4, 0.5) is 5.82 Å². The highest BCUT2D eigenvalue weighted by Crippen LogP contribution is 2.35. The molecule has 0 aliphatic carbocycles. The quantitative estimate of drug-likeness (QED) is 0.814. The first-order valence-electron chi connectivity index (χ1n) is 9.95. The van der Waals surface area contributed by atoms with Crippen LogP contribution in [0.3, 0.4) is 0 Å². The number of fused-ring (bicyclic) bond motifs is 1. The Morgan fingerprint density at radius 3 is 2.59 bits per heavy atom. The Morgan fingerprint density at radius 2 is 1.89 bits per heavy atom. The van der Waals surface area contributed by atoms with Gasteiger partial charge in [-0.05, 0) is 50.7 Å². The van der Waals surface area contributed by atoms with Crippen molar-refractivity contribution in [3.05, 3.63) is 58.3 Å². The number of pyridine rings is 1. The van der Waals surface area contributed by atoms with Gasteiger partial charge in [-0.15, -0.1) is 0 Å². The number of aromatic nitrogens is 1. The van der Waals surface area contributed by atoms with Crippen LogP contribution in [0.1, 0.15) is 61.1 Å². The third kappa shape index (κ3) is 3.70. The molecule has 140 valence electrons. The highest BCUT2D eigenvalue weighted by Gasteiger charge is 2.32. The van der Waals surface area contributed by atoms with Gasteiger partial charge < -0.3 is 9.64 Å². The van der Waals surface area contributed by atoms with Crippen molar-refractivity contribution in [2.24, 2.45) is 0 Å². The van der Waals surface area contributed by atoms with Crippen molar-refractivity contribution in [3.63, 3.8) is 0 Å². The van der Waals surface area contributed by atoms with Crippen LogP contribution in [0.25, 0.3) is 0 Å². The molecule has 0 unspecified atom stereocenters. The van der Waals surface area contributed by atoms with Gasteiger partial charge in [-0.2, -0.15) is 5.26 Å². The van der Waals surface area contributed by atoms with E-state index in [1.807, 2.05) is 6.07 Å². The third-order valence-corrected chi connectivity index (χ3v) is 5.67. The van der Waals surface area contributed by atoms with Crippen LogP contribution in [0.15, 0.2) is 30.3 Å². The summed E-state index contributed by atoms with van der Waals surface area (Å²) >= 11 is 0. The lowest BCUT2D eigenvalue weighted by Gasteiger charge is -2.35. The summed E-state index contributed by atoms with van der Waals surface area (Å²) in [6.45, 7) is 6.75. The Bertz CT molecular complexity index is 861. The second-order valence-electron chi connectivity index (χ2n) is 8.26. The number of hydrogen-bond acceptors (Lipinski definition) is 4. The summed E-state index contributed by atoms with van der Waals surface area (Å²) in [4.78, 5) is 7.35. The van der Waals surface area contributed by atoms with E-state index in [-0.39, 0.29) is 5.60 Å². The Balaban J connectivity index is 1.85. The molecule has 1 aromatic carbocycles. The summed E-state index contributed by atoms with van der Waals surface area (Å²) in [6, 6.07) is 12.9. The van der Waals surface area contributed by atoms with Crippen molar-refractivity contribution in [1.82, 2.24) is 4.98 Å². The maximum atomic E-state index is 10.1. The van der Waals surface area contributed by atoms with E-state index in [0.717, 1.165) is 54.1 Å². The van der Waals surface area contributed by atoms with Gasteiger partial charge >= 0.3 is 0 Å². The lowest BCUT2D eigenvalue weighted by Crippen LogP contribution is -2.36. The molecular formula is C23H27N3O. The van der Waals surface area contributed by atoms with Crippen molar-refractivity contribution in [3.8, 4) is 6.07 Å². The number of anilines is 1. The summed E-state index contributed by atoms with van der Waals surface area (Å²) in [5.74, 6) is 0.889. The van der Waals surface area contributed by atoms with Gasteiger partial charge in [-0.1, -0.05) is 30.3 Å². The summed E-state index contributed by atoms with van der Waals surface area (Å²) in [5, 5.41) is 10.1. The van der Waals surface area contributed by atoms with Crippen LogP contribution >= 0.6 is 0 Å². The Hall–Kier alpha value is -2.38. The first-order chi connectivity index (χ1) is 13.1. The van der Waals surface area contributed by atoms with E-state index in [1.54, 1.807) is 0 Å². The number of hydrogen-bond donors (Lipinski definition) is 0. The Labute approximate surface area is 161 Å². The van der Waals surface area contributed by atoms with Crippen LogP contribution < -0.4 is 4.90 Å². The molecule has 0 N–H and O–H groups in total. The lowest BCUT2D eigenvalue weighted by atomic mass is 9.88. The molecule has 3 heterocycles. The highest BCUT2D eigenvalue weighted by molar-refractivity contribution is 5.62. The first-order valence-corrected chi connectivity index (χ1v) is 9.95. The maximum Gasteiger partial charge on any atom is 0.147 e. The molecule has 4 heteroatoms. The smallest absolute Gasteiger partial charge is 0.147 e. The molecule has 1 saturated heterocycles. The molecule has 4 rings (SSSR count). The lowest BCUT2D eigenvalue weighted by molar-refractivity contribution is -0.0416. The summed E-state index contributed by atoms with van der Waals surface area (Å²) < 4.78 is 6.09. The van der Waals surface area contributed by atoms with E-state index in [2.05, 4.69) is 49.1 Å². The van der Waals surface area contributed by atoms with Crippen LogP contribution in [0.5, 0.6) is 0 Å². The Kier molecular flexibility index (Phi) is 4.88. The summed E-state index contributed by atoms with van der Waals surface area (Å²) in [6.07, 6.45) is 5.15. The van der Waals surface area contributed by atoms with Crippen LogP contribution in [-0.2, 0) is 24.2 Å². The minimum Gasteiger partial charge on any atom is -0.370 e. The molecule has 2 aliphatic heterocycles. The number of nitrogens with zero attached hydrogens (tertiary/aromatic N) is 3. The van der Waals surface area contributed by atoms with Gasteiger partial charge in [0.05, 0.1) is 23.5 Å². The number of benzene rings is 1. The van der Waals surface area contributed by atoms with Gasteiger partial charge in [0.1, 0.15) is 11.9 Å². The molecule has 1 fully saturated rings. The molecule has 0 radical (unpaired) electrons. The van der Waals surface area contributed by atoms with Crippen molar-refractivity contribution in [2.75, 3.05) is 18.0 Å². The molecule has 2 aromatic rings. The maximum absolute atomic E-state index is 10.1. The second kappa shape index (κ2) is 7.32. The minimum atomic E-state index is -0.211. The predicted molar refractivity (Wildman–Crippen MR) is 107 cm³/mol. The molecule has 27 heavy (non-hydrogen) atoms. The van der Waals surface area contributed by atoms with E-state index >= 15 is 0 Å². The largest absolute Gasteiger partial charge is 0.370 e. The molecule has 0 bridgehead atoms. The number of ether oxygens (including phenoxy) is 1. The van der Waals surface area contributed by atoms with E-state index < -0.39 is 0 Å². The van der Waals surface area contributed by atoms with Gasteiger partial charge in [0.2, 0.25) is 0 Å².